The zero-order valence-corrected chi connectivity index (χ0v) is 12.8. The summed E-state index contributed by atoms with van der Waals surface area (Å²) in [5.41, 5.74) is 0. The quantitative estimate of drug-likeness (QED) is 0.690. The van der Waals surface area contributed by atoms with Crippen LogP contribution >= 0.6 is 0 Å². The van der Waals surface area contributed by atoms with Crippen LogP contribution in [0.3, 0.4) is 0 Å². The van der Waals surface area contributed by atoms with E-state index in [-0.39, 0.29) is 4.94 Å². The number of hydrogen-bond donors (Lipinski definition) is 1. The molecule has 0 radical (unpaired) electrons. The third kappa shape index (κ3) is 4.35. The predicted molar refractivity (Wildman–Crippen MR) is 77.2 cm³/mol. The van der Waals surface area contributed by atoms with E-state index in [0.717, 1.165) is 13.7 Å². The van der Waals surface area contributed by atoms with E-state index in [4.69, 9.17) is 0 Å². The Bertz CT molecular complexity index is 201. The molecule has 15 heavy (non-hydrogen) atoms. The largest absolute Gasteiger partial charge is 0.432 e. The van der Waals surface area contributed by atoms with Gasteiger partial charge in [-0.1, -0.05) is 52.6 Å². The summed E-state index contributed by atoms with van der Waals surface area (Å²) in [6.07, 6.45) is 2.33. The second-order valence-corrected chi connectivity index (χ2v) is 10.9. The molecule has 0 fully saturated rings. The van der Waals surface area contributed by atoms with E-state index in [1.165, 1.54) is 13.6 Å². The van der Waals surface area contributed by atoms with Crippen molar-refractivity contribution in [2.75, 3.05) is 0 Å². The van der Waals surface area contributed by atoms with E-state index >= 15 is 0 Å². The lowest BCUT2D eigenvalue weighted by Gasteiger charge is -2.42. The van der Waals surface area contributed by atoms with Gasteiger partial charge in [-0.2, -0.15) is 0 Å². The lowest BCUT2D eigenvalue weighted by Crippen LogP contribution is -2.47. The molecule has 4 heteroatoms. The molecule has 0 aliphatic rings. The smallest absolute Gasteiger partial charge is 0.181 e. The van der Waals surface area contributed by atoms with Crippen molar-refractivity contribution in [2.24, 2.45) is 0 Å². The zero-order valence-electron chi connectivity index (χ0n) is 11.8. The second kappa shape index (κ2) is 5.09. The summed E-state index contributed by atoms with van der Waals surface area (Å²) in [5, 5.41) is 0.368. The molecular weight excluding hydrogens is 198 g/mol. The first kappa shape index (κ1) is 15.3. The lowest BCUT2D eigenvalue weighted by atomic mass is 9.31. The Labute approximate surface area is 98.7 Å². The Morgan fingerprint density at radius 1 is 1.13 bits per heavy atom. The SMILES string of the molecule is CCBC(C)(C)BC(C)(CC)[Si](C)(C)O. The van der Waals surface area contributed by atoms with Crippen molar-refractivity contribution in [1.82, 2.24) is 0 Å². The van der Waals surface area contributed by atoms with Gasteiger partial charge in [0, 0.05) is 0 Å². The van der Waals surface area contributed by atoms with Crippen molar-refractivity contribution in [3.63, 3.8) is 0 Å². The van der Waals surface area contributed by atoms with Crippen molar-refractivity contribution in [2.45, 2.75) is 70.6 Å². The summed E-state index contributed by atoms with van der Waals surface area (Å²) in [4.78, 5) is 10.6. The van der Waals surface area contributed by atoms with Crippen LogP contribution in [0.4, 0.5) is 0 Å². The van der Waals surface area contributed by atoms with Gasteiger partial charge < -0.3 is 4.80 Å². The summed E-state index contributed by atoms with van der Waals surface area (Å²) in [6, 6.07) is 0. The van der Waals surface area contributed by atoms with Gasteiger partial charge in [-0.3, -0.25) is 0 Å². The molecule has 0 heterocycles. The molecule has 1 N–H and O–H groups in total. The fraction of sp³-hybridized carbons (Fsp3) is 1.00. The van der Waals surface area contributed by atoms with Gasteiger partial charge >= 0.3 is 0 Å². The Hall–Kier alpha value is 0.307. The highest BCUT2D eigenvalue weighted by molar-refractivity contribution is 6.85. The van der Waals surface area contributed by atoms with Crippen LogP contribution in [0.1, 0.15) is 41.0 Å². The second-order valence-electron chi connectivity index (χ2n) is 6.56. The molecule has 1 atom stereocenters. The maximum atomic E-state index is 10.4. The summed E-state index contributed by atoms with van der Waals surface area (Å²) in [7, 11) is 0.360. The van der Waals surface area contributed by atoms with Crippen molar-refractivity contribution < 1.29 is 4.80 Å². The van der Waals surface area contributed by atoms with Crippen molar-refractivity contribution in [1.29, 1.82) is 0 Å². The zero-order chi connectivity index (χ0) is 12.3. The lowest BCUT2D eigenvalue weighted by molar-refractivity contribution is 0.500. The van der Waals surface area contributed by atoms with E-state index in [0.29, 0.717) is 5.21 Å². The number of hydrogen-bond acceptors (Lipinski definition) is 1. The molecule has 1 unspecified atom stereocenters. The molecular formula is C11H28B2OSi. The third-order valence-corrected chi connectivity index (χ3v) is 7.54. The van der Waals surface area contributed by atoms with Crippen LogP contribution in [0.25, 0.3) is 0 Å². The van der Waals surface area contributed by atoms with Crippen LogP contribution in [0, 0.1) is 0 Å². The molecule has 0 aromatic carbocycles. The Morgan fingerprint density at radius 2 is 1.60 bits per heavy atom. The summed E-state index contributed by atoms with van der Waals surface area (Å²) >= 11 is 0. The van der Waals surface area contributed by atoms with Crippen LogP contribution < -0.4 is 0 Å². The fourth-order valence-electron chi connectivity index (χ4n) is 2.60. The molecule has 0 spiro atoms. The molecule has 0 amide bonds. The first-order valence-corrected chi connectivity index (χ1v) is 9.25. The minimum absolute atomic E-state index is 0.158. The summed E-state index contributed by atoms with van der Waals surface area (Å²) in [6.45, 7) is 15.6. The van der Waals surface area contributed by atoms with E-state index in [1.54, 1.807) is 0 Å². The van der Waals surface area contributed by atoms with Crippen LogP contribution in [0.2, 0.25) is 29.6 Å². The predicted octanol–water partition coefficient (Wildman–Crippen LogP) is 2.78. The molecule has 0 aromatic heterocycles. The minimum Gasteiger partial charge on any atom is -0.432 e. The minimum atomic E-state index is -2.05. The topological polar surface area (TPSA) is 20.2 Å². The molecule has 0 aliphatic heterocycles. The average Bonchev–Trinajstić information content (AvgIpc) is 2.00. The van der Waals surface area contributed by atoms with E-state index in [2.05, 4.69) is 47.7 Å². The Morgan fingerprint density at radius 3 is 1.87 bits per heavy atom. The van der Waals surface area contributed by atoms with Gasteiger partial charge in [0.05, 0.1) is 0 Å². The Balaban J connectivity index is 4.72. The van der Waals surface area contributed by atoms with Crippen LogP contribution in [0.5, 0.6) is 0 Å². The van der Waals surface area contributed by atoms with Gasteiger partial charge in [-0.05, 0) is 18.0 Å². The monoisotopic (exact) mass is 226 g/mol. The van der Waals surface area contributed by atoms with Gasteiger partial charge in [0.15, 0.2) is 8.32 Å². The number of rotatable bonds is 6. The normalized spacial score (nSPS) is 17.1. The molecule has 88 valence electrons. The maximum Gasteiger partial charge on any atom is 0.181 e. The Kier molecular flexibility index (Phi) is 5.20. The van der Waals surface area contributed by atoms with Crippen LogP contribution in [-0.4, -0.2) is 27.7 Å². The molecule has 0 bridgehead atoms. The van der Waals surface area contributed by atoms with Crippen molar-refractivity contribution in [3.8, 4) is 0 Å². The highest BCUT2D eigenvalue weighted by Crippen LogP contribution is 2.44. The van der Waals surface area contributed by atoms with Gasteiger partial charge in [-0.25, -0.2) is 0 Å². The van der Waals surface area contributed by atoms with Crippen molar-refractivity contribution >= 4 is 22.9 Å². The molecule has 1 nitrogen and oxygen atoms in total. The average molecular weight is 226 g/mol. The van der Waals surface area contributed by atoms with Gasteiger partial charge in [0.2, 0.25) is 0 Å². The van der Waals surface area contributed by atoms with E-state index in [1.807, 2.05) is 0 Å². The molecule has 0 rings (SSSR count). The fourth-order valence-corrected chi connectivity index (χ4v) is 4.37. The summed E-state index contributed by atoms with van der Waals surface area (Å²) in [5.74, 6) is 0. The standard InChI is InChI=1S/C11H28B2OSi/c1-8-11(5,15(6,7)14)13-10(3,4)12-9-2/h12-14H,8-9H2,1-7H3. The molecule has 0 saturated carbocycles. The van der Waals surface area contributed by atoms with Crippen LogP contribution in [0.15, 0.2) is 0 Å². The first-order chi connectivity index (χ1) is 6.58. The van der Waals surface area contributed by atoms with Gasteiger partial charge in [-0.15, -0.1) is 0 Å². The molecule has 0 saturated heterocycles. The molecule has 0 aliphatic carbocycles. The van der Waals surface area contributed by atoms with Crippen molar-refractivity contribution in [3.05, 3.63) is 0 Å². The van der Waals surface area contributed by atoms with Gasteiger partial charge in [0.25, 0.3) is 0 Å². The molecule has 0 aromatic rings. The maximum absolute atomic E-state index is 10.4. The highest BCUT2D eigenvalue weighted by Gasteiger charge is 2.44. The van der Waals surface area contributed by atoms with E-state index in [9.17, 15) is 4.80 Å². The highest BCUT2D eigenvalue weighted by atomic mass is 28.4. The third-order valence-electron chi connectivity index (χ3n) is 4.05. The van der Waals surface area contributed by atoms with E-state index < -0.39 is 8.32 Å². The summed E-state index contributed by atoms with van der Waals surface area (Å²) < 4.78 is 0. The van der Waals surface area contributed by atoms with Crippen LogP contribution in [-0.2, 0) is 0 Å². The first-order valence-electron chi connectivity index (χ1n) is 6.30. The van der Waals surface area contributed by atoms with Gasteiger partial charge in [0.1, 0.15) is 14.6 Å².